The molecule has 0 aliphatic heterocycles. The van der Waals surface area contributed by atoms with E-state index < -0.39 is 11.4 Å². The van der Waals surface area contributed by atoms with Crippen molar-refractivity contribution < 1.29 is 14.7 Å². The molecule has 0 heterocycles. The molecule has 1 aliphatic carbocycles. The van der Waals surface area contributed by atoms with Gasteiger partial charge < -0.3 is 10.4 Å². The molecule has 1 aromatic rings. The highest BCUT2D eigenvalue weighted by Gasteiger charge is 2.41. The number of carboxylic acids is 1. The van der Waals surface area contributed by atoms with Gasteiger partial charge >= 0.3 is 5.97 Å². The van der Waals surface area contributed by atoms with Crippen LogP contribution in [0.15, 0.2) is 23.1 Å². The number of carbonyl (C=O) groups excluding carboxylic acids is 1. The van der Waals surface area contributed by atoms with Crippen LogP contribution in [0.3, 0.4) is 0 Å². The Morgan fingerprint density at radius 1 is 1.38 bits per heavy atom. The lowest BCUT2D eigenvalue weighted by Gasteiger charge is -2.24. The molecule has 1 saturated carbocycles. The Balaban J connectivity index is 2.09. The molecule has 4 nitrogen and oxygen atoms in total. The normalized spacial score (nSPS) is 16.7. The smallest absolute Gasteiger partial charge is 0.311 e. The van der Waals surface area contributed by atoms with Crippen molar-refractivity contribution in [1.29, 1.82) is 0 Å². The number of carbonyl (C=O) groups is 2. The van der Waals surface area contributed by atoms with E-state index in [-0.39, 0.29) is 12.5 Å². The summed E-state index contributed by atoms with van der Waals surface area (Å²) >= 11 is 7.58. The number of aliphatic carboxylic acids is 1. The Morgan fingerprint density at radius 3 is 2.62 bits per heavy atom. The van der Waals surface area contributed by atoms with E-state index in [1.54, 1.807) is 12.1 Å². The summed E-state index contributed by atoms with van der Waals surface area (Å²) in [6.07, 6.45) is 4.93. The van der Waals surface area contributed by atoms with E-state index in [0.29, 0.717) is 23.4 Å². The van der Waals surface area contributed by atoms with Crippen molar-refractivity contribution in [2.45, 2.75) is 30.6 Å². The number of halogens is 1. The maximum Gasteiger partial charge on any atom is 0.311 e. The minimum Gasteiger partial charge on any atom is -0.481 e. The van der Waals surface area contributed by atoms with Crippen LogP contribution in [0, 0.1) is 5.41 Å². The quantitative estimate of drug-likeness (QED) is 0.813. The molecule has 0 spiro atoms. The summed E-state index contributed by atoms with van der Waals surface area (Å²) in [6.45, 7) is 0.154. The molecule has 1 aromatic carbocycles. The summed E-state index contributed by atoms with van der Waals surface area (Å²) in [5, 5.41) is 12.5. The molecular formula is C15H18ClNO3S. The van der Waals surface area contributed by atoms with Gasteiger partial charge in [-0.2, -0.15) is 0 Å². The van der Waals surface area contributed by atoms with Crippen molar-refractivity contribution in [1.82, 2.24) is 5.32 Å². The van der Waals surface area contributed by atoms with E-state index >= 15 is 0 Å². The fraction of sp³-hybridized carbons (Fsp3) is 0.467. The lowest BCUT2D eigenvalue weighted by molar-refractivity contribution is -0.148. The Morgan fingerprint density at radius 2 is 2.05 bits per heavy atom. The minimum absolute atomic E-state index is 0.154. The van der Waals surface area contributed by atoms with Crippen molar-refractivity contribution in [3.05, 3.63) is 28.8 Å². The molecule has 1 fully saturated rings. The average Bonchev–Trinajstić information content (AvgIpc) is 2.95. The van der Waals surface area contributed by atoms with Crippen molar-refractivity contribution in [2.24, 2.45) is 5.41 Å². The lowest BCUT2D eigenvalue weighted by Crippen LogP contribution is -2.41. The number of rotatable bonds is 5. The first-order valence-electron chi connectivity index (χ1n) is 6.84. The van der Waals surface area contributed by atoms with Crippen molar-refractivity contribution in [3.63, 3.8) is 0 Å². The number of hydrogen-bond acceptors (Lipinski definition) is 3. The van der Waals surface area contributed by atoms with Crippen LogP contribution >= 0.6 is 23.4 Å². The van der Waals surface area contributed by atoms with Gasteiger partial charge in [0.15, 0.2) is 0 Å². The van der Waals surface area contributed by atoms with E-state index in [2.05, 4.69) is 5.32 Å². The summed E-state index contributed by atoms with van der Waals surface area (Å²) in [6, 6.07) is 5.26. The van der Waals surface area contributed by atoms with E-state index in [1.807, 2.05) is 12.3 Å². The van der Waals surface area contributed by atoms with Gasteiger partial charge in [-0.25, -0.2) is 0 Å². The van der Waals surface area contributed by atoms with Crippen LogP contribution < -0.4 is 5.32 Å². The molecule has 1 amide bonds. The molecule has 0 aromatic heterocycles. The maximum atomic E-state index is 12.3. The highest BCUT2D eigenvalue weighted by atomic mass is 35.5. The van der Waals surface area contributed by atoms with Crippen LogP contribution in [0.2, 0.25) is 5.02 Å². The number of carboxylic acid groups (broad SMARTS) is 1. The Kier molecular flexibility index (Phi) is 5.17. The Hall–Kier alpha value is -1.20. The van der Waals surface area contributed by atoms with Gasteiger partial charge in [-0.3, -0.25) is 9.59 Å². The van der Waals surface area contributed by atoms with E-state index in [9.17, 15) is 14.7 Å². The number of thioether (sulfide) groups is 1. The van der Waals surface area contributed by atoms with Gasteiger partial charge in [0.05, 0.1) is 16.0 Å². The molecule has 6 heteroatoms. The van der Waals surface area contributed by atoms with Gasteiger partial charge in [0, 0.05) is 11.4 Å². The summed E-state index contributed by atoms with van der Waals surface area (Å²) in [4.78, 5) is 24.7. The van der Waals surface area contributed by atoms with Gasteiger partial charge in [0.25, 0.3) is 5.91 Å². The van der Waals surface area contributed by atoms with Crippen molar-refractivity contribution in [3.8, 4) is 0 Å². The zero-order valence-corrected chi connectivity index (χ0v) is 13.4. The van der Waals surface area contributed by atoms with Gasteiger partial charge in [-0.1, -0.05) is 24.4 Å². The molecule has 21 heavy (non-hydrogen) atoms. The largest absolute Gasteiger partial charge is 0.481 e. The van der Waals surface area contributed by atoms with Crippen LogP contribution in [0.4, 0.5) is 0 Å². The van der Waals surface area contributed by atoms with Crippen molar-refractivity contribution >= 4 is 35.2 Å². The zero-order chi connectivity index (χ0) is 15.5. The van der Waals surface area contributed by atoms with Gasteiger partial charge in [0.2, 0.25) is 0 Å². The molecule has 1 aliphatic rings. The molecule has 0 bridgehead atoms. The third kappa shape index (κ3) is 3.52. The summed E-state index contributed by atoms with van der Waals surface area (Å²) in [5.74, 6) is -1.15. The molecule has 2 N–H and O–H groups in total. The number of benzene rings is 1. The van der Waals surface area contributed by atoms with Crippen molar-refractivity contribution in [2.75, 3.05) is 12.8 Å². The predicted octanol–water partition coefficient (Wildman–Crippen LogP) is 3.44. The number of amides is 1. The Bertz CT molecular complexity index is 556. The maximum absolute atomic E-state index is 12.3. The molecule has 114 valence electrons. The monoisotopic (exact) mass is 327 g/mol. The summed E-state index contributed by atoms with van der Waals surface area (Å²) in [7, 11) is 0. The highest BCUT2D eigenvalue weighted by Crippen LogP contribution is 2.37. The van der Waals surface area contributed by atoms with E-state index in [1.165, 1.54) is 11.8 Å². The molecule has 0 atom stereocenters. The molecule has 0 radical (unpaired) electrons. The van der Waals surface area contributed by atoms with Crippen LogP contribution in [-0.4, -0.2) is 29.8 Å². The predicted molar refractivity (Wildman–Crippen MR) is 84.1 cm³/mol. The summed E-state index contributed by atoms with van der Waals surface area (Å²) in [5.41, 5.74) is -0.429. The zero-order valence-electron chi connectivity index (χ0n) is 11.8. The number of hydrogen-bond donors (Lipinski definition) is 2. The molecule has 0 saturated heterocycles. The first kappa shape index (κ1) is 16.2. The molecule has 0 unspecified atom stereocenters. The van der Waals surface area contributed by atoms with E-state index in [4.69, 9.17) is 11.6 Å². The van der Waals surface area contributed by atoms with E-state index in [0.717, 1.165) is 17.7 Å². The third-order valence-electron chi connectivity index (χ3n) is 4.02. The lowest BCUT2D eigenvalue weighted by atomic mass is 9.86. The first-order valence-corrected chi connectivity index (χ1v) is 8.44. The minimum atomic E-state index is -0.829. The standard InChI is InChI=1S/C15H18ClNO3S/c1-21-10-4-5-12(16)11(8-10)13(18)17-9-15(14(19)20)6-2-3-7-15/h4-5,8H,2-3,6-7,9H2,1H3,(H,17,18)(H,19,20). The fourth-order valence-electron chi connectivity index (χ4n) is 2.67. The van der Waals surface area contributed by atoms with Crippen LogP contribution in [0.25, 0.3) is 0 Å². The molecule has 2 rings (SSSR count). The SMILES string of the molecule is CSc1ccc(Cl)c(C(=O)NCC2(C(=O)O)CCCC2)c1. The van der Waals surface area contributed by atoms with Crippen LogP contribution in [-0.2, 0) is 4.79 Å². The average molecular weight is 328 g/mol. The fourth-order valence-corrected chi connectivity index (χ4v) is 3.31. The van der Waals surface area contributed by atoms with Gasteiger partial charge in [-0.15, -0.1) is 11.8 Å². The second kappa shape index (κ2) is 6.71. The molecular weight excluding hydrogens is 310 g/mol. The first-order chi connectivity index (χ1) is 9.98. The van der Waals surface area contributed by atoms with Crippen LogP contribution in [0.5, 0.6) is 0 Å². The second-order valence-electron chi connectivity index (χ2n) is 5.32. The van der Waals surface area contributed by atoms with Crippen LogP contribution in [0.1, 0.15) is 36.0 Å². The number of nitrogens with one attached hydrogen (secondary N) is 1. The Labute approximate surface area is 133 Å². The van der Waals surface area contributed by atoms with Gasteiger partial charge in [0.1, 0.15) is 0 Å². The second-order valence-corrected chi connectivity index (χ2v) is 6.61. The van der Waals surface area contributed by atoms with Gasteiger partial charge in [-0.05, 0) is 37.3 Å². The highest BCUT2D eigenvalue weighted by molar-refractivity contribution is 7.98. The topological polar surface area (TPSA) is 66.4 Å². The third-order valence-corrected chi connectivity index (χ3v) is 5.07. The summed E-state index contributed by atoms with van der Waals surface area (Å²) < 4.78 is 0.